The maximum absolute atomic E-state index is 15.5. The highest BCUT2D eigenvalue weighted by atomic mass is 19.3. The highest BCUT2D eigenvalue weighted by molar-refractivity contribution is 5.67. The summed E-state index contributed by atoms with van der Waals surface area (Å²) in [7, 11) is 0. The number of carbonyl (C=O) groups is 1. The van der Waals surface area contributed by atoms with E-state index in [1.54, 1.807) is 12.1 Å². The second-order valence-electron chi connectivity index (χ2n) is 9.84. The molecule has 2 aromatic rings. The maximum atomic E-state index is 15.5. The van der Waals surface area contributed by atoms with E-state index in [0.29, 0.717) is 24.6 Å². The number of aryl methyl sites for hydroxylation is 1. The number of carboxylic acid groups (broad SMARTS) is 1. The molecular weight excluding hydrogens is 443 g/mol. The summed E-state index contributed by atoms with van der Waals surface area (Å²) in [6.07, 6.45) is 8.42. The van der Waals surface area contributed by atoms with Gasteiger partial charge in [-0.3, -0.25) is 4.79 Å². The van der Waals surface area contributed by atoms with Crippen molar-refractivity contribution in [2.75, 3.05) is 11.4 Å². The molecule has 1 saturated carbocycles. The molecule has 2 aliphatic rings. The molecule has 1 aromatic carbocycles. The maximum Gasteiger partial charge on any atom is 0.303 e. The van der Waals surface area contributed by atoms with Crippen molar-refractivity contribution in [3.05, 3.63) is 53.2 Å². The Morgan fingerprint density at radius 1 is 1.09 bits per heavy atom. The number of hydrogen-bond acceptors (Lipinski definition) is 4. The van der Waals surface area contributed by atoms with Gasteiger partial charge in [-0.15, -0.1) is 0 Å². The highest BCUT2D eigenvalue weighted by Crippen LogP contribution is 2.38. The second-order valence-corrected chi connectivity index (χ2v) is 9.84. The van der Waals surface area contributed by atoms with Gasteiger partial charge in [0.05, 0.1) is 11.7 Å². The summed E-state index contributed by atoms with van der Waals surface area (Å²) in [6, 6.07) is 6.19. The topological polar surface area (TPSA) is 66.3 Å². The molecule has 8 heteroatoms. The molecule has 1 unspecified atom stereocenters. The van der Waals surface area contributed by atoms with Gasteiger partial charge in [-0.05, 0) is 55.9 Å². The van der Waals surface area contributed by atoms with E-state index in [-0.39, 0.29) is 29.8 Å². The standard InChI is InChI=1S/C26H32F3N3O2/c1-26(28,29)20-11-9-19(10-12-20)22-3-2-14-32(22)25-24(27)21(30-16-31-25)13-8-17-4-6-18(7-5-17)15-23(33)34/h9-12,16-18,22H,2-8,13-15H2,1H3,(H,33,34). The molecule has 5 nitrogen and oxygen atoms in total. The molecular formula is C26H32F3N3O2. The van der Waals surface area contributed by atoms with E-state index in [0.717, 1.165) is 57.4 Å². The van der Waals surface area contributed by atoms with E-state index < -0.39 is 17.7 Å². The number of rotatable bonds is 8. The second kappa shape index (κ2) is 10.3. The minimum Gasteiger partial charge on any atom is -0.481 e. The quantitative estimate of drug-likeness (QED) is 0.487. The molecule has 4 rings (SSSR count). The van der Waals surface area contributed by atoms with E-state index in [1.165, 1.54) is 18.5 Å². The van der Waals surface area contributed by atoms with Gasteiger partial charge in [0.25, 0.3) is 5.92 Å². The van der Waals surface area contributed by atoms with Crippen LogP contribution in [0, 0.1) is 17.7 Å². The Kier molecular flexibility index (Phi) is 7.43. The van der Waals surface area contributed by atoms with E-state index in [9.17, 15) is 13.6 Å². The molecule has 0 bridgehead atoms. The molecule has 2 fully saturated rings. The van der Waals surface area contributed by atoms with Gasteiger partial charge in [-0.2, -0.15) is 0 Å². The van der Waals surface area contributed by atoms with Crippen LogP contribution in [-0.2, 0) is 17.1 Å². The van der Waals surface area contributed by atoms with E-state index in [1.807, 2.05) is 4.90 Å². The van der Waals surface area contributed by atoms with Gasteiger partial charge in [-0.25, -0.2) is 23.1 Å². The van der Waals surface area contributed by atoms with Crippen LogP contribution >= 0.6 is 0 Å². The lowest BCUT2D eigenvalue weighted by molar-refractivity contribution is -0.138. The first-order chi connectivity index (χ1) is 16.2. The van der Waals surface area contributed by atoms with E-state index >= 15 is 4.39 Å². The molecule has 1 aliphatic heterocycles. The van der Waals surface area contributed by atoms with Crippen LogP contribution in [0.2, 0.25) is 0 Å². The summed E-state index contributed by atoms with van der Waals surface area (Å²) in [5.74, 6) is -3.04. The smallest absolute Gasteiger partial charge is 0.303 e. The van der Waals surface area contributed by atoms with E-state index in [4.69, 9.17) is 5.11 Å². The van der Waals surface area contributed by atoms with Gasteiger partial charge in [0, 0.05) is 25.5 Å². The fourth-order valence-electron chi connectivity index (χ4n) is 5.45. The summed E-state index contributed by atoms with van der Waals surface area (Å²) >= 11 is 0. The lowest BCUT2D eigenvalue weighted by Crippen LogP contribution is -2.25. The average Bonchev–Trinajstić information content (AvgIpc) is 3.28. The third-order valence-corrected chi connectivity index (χ3v) is 7.39. The van der Waals surface area contributed by atoms with Crippen molar-refractivity contribution in [1.29, 1.82) is 0 Å². The highest BCUT2D eigenvalue weighted by Gasteiger charge is 2.31. The van der Waals surface area contributed by atoms with Crippen molar-refractivity contribution in [3.8, 4) is 0 Å². The zero-order valence-electron chi connectivity index (χ0n) is 19.5. The molecule has 2 heterocycles. The largest absolute Gasteiger partial charge is 0.481 e. The number of carboxylic acids is 1. The molecule has 0 amide bonds. The van der Waals surface area contributed by atoms with E-state index in [2.05, 4.69) is 9.97 Å². The predicted molar refractivity (Wildman–Crippen MR) is 123 cm³/mol. The number of aromatic nitrogens is 2. The molecule has 1 aromatic heterocycles. The van der Waals surface area contributed by atoms with Crippen molar-refractivity contribution in [1.82, 2.24) is 9.97 Å². The molecule has 0 radical (unpaired) electrons. The zero-order chi connectivity index (χ0) is 24.3. The third-order valence-electron chi connectivity index (χ3n) is 7.39. The Balaban J connectivity index is 1.41. The van der Waals surface area contributed by atoms with Gasteiger partial charge >= 0.3 is 5.97 Å². The first kappa shape index (κ1) is 24.5. The summed E-state index contributed by atoms with van der Waals surface area (Å²) in [6.45, 7) is 1.53. The Hall–Kier alpha value is -2.64. The molecule has 34 heavy (non-hydrogen) atoms. The van der Waals surface area contributed by atoms with Gasteiger partial charge in [-0.1, -0.05) is 37.1 Å². The molecule has 0 spiro atoms. The number of hydrogen-bond donors (Lipinski definition) is 1. The lowest BCUT2D eigenvalue weighted by Gasteiger charge is -2.28. The third kappa shape index (κ3) is 5.70. The van der Waals surface area contributed by atoms with Crippen molar-refractivity contribution < 1.29 is 23.1 Å². The molecule has 1 aliphatic carbocycles. The number of aliphatic carboxylic acids is 1. The normalized spacial score (nSPS) is 23.3. The number of halogens is 3. The predicted octanol–water partition coefficient (Wildman–Crippen LogP) is 6.28. The monoisotopic (exact) mass is 475 g/mol. The van der Waals surface area contributed by atoms with Crippen LogP contribution in [0.15, 0.2) is 30.6 Å². The van der Waals surface area contributed by atoms with Crippen molar-refractivity contribution in [2.45, 2.75) is 76.7 Å². The Morgan fingerprint density at radius 3 is 2.41 bits per heavy atom. The Bertz CT molecular complexity index is 986. The van der Waals surface area contributed by atoms with Gasteiger partial charge < -0.3 is 10.0 Å². The SMILES string of the molecule is CC(F)(F)c1ccc(C2CCCN2c2ncnc(CCC3CCC(CC(=O)O)CC3)c2F)cc1. The van der Waals surface area contributed by atoms with Crippen molar-refractivity contribution in [3.63, 3.8) is 0 Å². The molecule has 1 N–H and O–H groups in total. The van der Waals surface area contributed by atoms with Crippen LogP contribution < -0.4 is 4.90 Å². The minimum absolute atomic E-state index is 0.0340. The molecule has 1 atom stereocenters. The lowest BCUT2D eigenvalue weighted by atomic mass is 9.78. The summed E-state index contributed by atoms with van der Waals surface area (Å²) < 4.78 is 42.6. The van der Waals surface area contributed by atoms with Crippen LogP contribution in [0.4, 0.5) is 19.0 Å². The number of nitrogens with zero attached hydrogens (tertiary/aromatic N) is 3. The molecule has 1 saturated heterocycles. The molecule has 184 valence electrons. The number of alkyl halides is 2. The van der Waals surface area contributed by atoms with Crippen LogP contribution in [0.5, 0.6) is 0 Å². The van der Waals surface area contributed by atoms with Crippen molar-refractivity contribution >= 4 is 11.8 Å². The fourth-order valence-corrected chi connectivity index (χ4v) is 5.45. The minimum atomic E-state index is -2.89. The summed E-state index contributed by atoms with van der Waals surface area (Å²) in [5.41, 5.74) is 1.25. The zero-order valence-corrected chi connectivity index (χ0v) is 19.5. The van der Waals surface area contributed by atoms with Gasteiger partial charge in [0.1, 0.15) is 6.33 Å². The van der Waals surface area contributed by atoms with Crippen LogP contribution in [0.25, 0.3) is 0 Å². The summed E-state index contributed by atoms with van der Waals surface area (Å²) in [5, 5.41) is 8.98. The van der Waals surface area contributed by atoms with Crippen LogP contribution in [-0.4, -0.2) is 27.6 Å². The first-order valence-corrected chi connectivity index (χ1v) is 12.2. The van der Waals surface area contributed by atoms with Crippen molar-refractivity contribution in [2.24, 2.45) is 11.8 Å². The van der Waals surface area contributed by atoms with Crippen LogP contribution in [0.3, 0.4) is 0 Å². The van der Waals surface area contributed by atoms with Crippen LogP contribution in [0.1, 0.15) is 81.2 Å². The Labute approximate surface area is 198 Å². The Morgan fingerprint density at radius 2 is 1.76 bits per heavy atom. The number of anilines is 1. The number of benzene rings is 1. The summed E-state index contributed by atoms with van der Waals surface area (Å²) in [4.78, 5) is 21.3. The van der Waals surface area contributed by atoms with Gasteiger partial charge in [0.15, 0.2) is 11.6 Å². The first-order valence-electron chi connectivity index (χ1n) is 12.2. The fraction of sp³-hybridized carbons (Fsp3) is 0.577. The average molecular weight is 476 g/mol. The van der Waals surface area contributed by atoms with Gasteiger partial charge in [0.2, 0.25) is 0 Å².